The van der Waals surface area contributed by atoms with Gasteiger partial charge >= 0.3 is 0 Å². The third-order valence-electron chi connectivity index (χ3n) is 2.46. The van der Waals surface area contributed by atoms with E-state index in [1.807, 2.05) is 0 Å². The van der Waals surface area contributed by atoms with Crippen molar-refractivity contribution in [3.05, 3.63) is 65.0 Å². The van der Waals surface area contributed by atoms with Crippen LogP contribution in [0.2, 0.25) is 0 Å². The maximum Gasteiger partial charge on any atom is 0.198 e. The Hall–Kier alpha value is -2.30. The average molecular weight is 251 g/mol. The molecule has 0 heterocycles. The zero-order valence-corrected chi connectivity index (χ0v) is 9.08. The molecule has 2 nitrogen and oxygen atoms in total. The Morgan fingerprint density at radius 3 is 2.17 bits per heavy atom. The SMILES string of the molecule is Nc1ccc(F)c(F)c1C(=O)c1ccc(F)cc1. The van der Waals surface area contributed by atoms with Gasteiger partial charge in [-0.15, -0.1) is 0 Å². The molecule has 2 rings (SSSR count). The number of hydrogen-bond donors (Lipinski definition) is 1. The number of benzene rings is 2. The van der Waals surface area contributed by atoms with Gasteiger partial charge in [-0.1, -0.05) is 0 Å². The van der Waals surface area contributed by atoms with Crippen molar-refractivity contribution in [1.29, 1.82) is 0 Å². The number of rotatable bonds is 2. The van der Waals surface area contributed by atoms with E-state index in [2.05, 4.69) is 0 Å². The smallest absolute Gasteiger partial charge is 0.198 e. The normalized spacial score (nSPS) is 10.4. The van der Waals surface area contributed by atoms with Crippen LogP contribution in [0.1, 0.15) is 15.9 Å². The van der Waals surface area contributed by atoms with Crippen molar-refractivity contribution in [1.82, 2.24) is 0 Å². The van der Waals surface area contributed by atoms with Crippen LogP contribution >= 0.6 is 0 Å². The van der Waals surface area contributed by atoms with Crippen molar-refractivity contribution in [2.75, 3.05) is 5.73 Å². The summed E-state index contributed by atoms with van der Waals surface area (Å²) < 4.78 is 39.3. The van der Waals surface area contributed by atoms with Crippen LogP contribution in [0.15, 0.2) is 36.4 Å². The van der Waals surface area contributed by atoms with Crippen LogP contribution in [-0.4, -0.2) is 5.78 Å². The molecule has 0 saturated carbocycles. The topological polar surface area (TPSA) is 43.1 Å². The molecule has 0 aromatic heterocycles. The van der Waals surface area contributed by atoms with Crippen molar-refractivity contribution < 1.29 is 18.0 Å². The first-order chi connectivity index (χ1) is 8.50. The number of halogens is 3. The first-order valence-electron chi connectivity index (χ1n) is 5.04. The van der Waals surface area contributed by atoms with Gasteiger partial charge in [-0.2, -0.15) is 0 Å². The van der Waals surface area contributed by atoms with Crippen LogP contribution in [0.5, 0.6) is 0 Å². The quantitative estimate of drug-likeness (QED) is 0.658. The first-order valence-corrected chi connectivity index (χ1v) is 5.04. The molecule has 2 aromatic rings. The molecule has 2 N–H and O–H groups in total. The lowest BCUT2D eigenvalue weighted by Crippen LogP contribution is -2.09. The Bertz CT molecular complexity index is 608. The maximum atomic E-state index is 13.5. The zero-order valence-electron chi connectivity index (χ0n) is 9.08. The van der Waals surface area contributed by atoms with Crippen molar-refractivity contribution in [2.24, 2.45) is 0 Å². The molecule has 0 fully saturated rings. The second-order valence-corrected chi connectivity index (χ2v) is 3.66. The first kappa shape index (κ1) is 12.2. The molecule has 0 aliphatic rings. The lowest BCUT2D eigenvalue weighted by atomic mass is 10.0. The van der Waals surface area contributed by atoms with Gasteiger partial charge in [0.1, 0.15) is 5.82 Å². The minimum atomic E-state index is -1.30. The van der Waals surface area contributed by atoms with Gasteiger partial charge in [-0.25, -0.2) is 13.2 Å². The molecular weight excluding hydrogens is 243 g/mol. The lowest BCUT2D eigenvalue weighted by Gasteiger charge is -2.07. The Labute approximate surface area is 101 Å². The van der Waals surface area contributed by atoms with E-state index in [1.54, 1.807) is 0 Å². The van der Waals surface area contributed by atoms with Gasteiger partial charge < -0.3 is 5.73 Å². The van der Waals surface area contributed by atoms with Gasteiger partial charge in [-0.05, 0) is 36.4 Å². The molecule has 0 radical (unpaired) electrons. The summed E-state index contributed by atoms with van der Waals surface area (Å²) in [7, 11) is 0. The number of hydrogen-bond acceptors (Lipinski definition) is 2. The van der Waals surface area contributed by atoms with E-state index < -0.39 is 28.8 Å². The number of carbonyl (C=O) groups excluding carboxylic acids is 1. The highest BCUT2D eigenvalue weighted by Crippen LogP contribution is 2.22. The minimum absolute atomic E-state index is 0.0348. The summed E-state index contributed by atoms with van der Waals surface area (Å²) in [5, 5.41) is 0. The predicted molar refractivity (Wildman–Crippen MR) is 60.6 cm³/mol. The van der Waals surface area contributed by atoms with Gasteiger partial charge in [0.2, 0.25) is 0 Å². The van der Waals surface area contributed by atoms with Crippen molar-refractivity contribution in [3.8, 4) is 0 Å². The Kier molecular flexibility index (Phi) is 3.06. The predicted octanol–water partition coefficient (Wildman–Crippen LogP) is 2.92. The third kappa shape index (κ3) is 2.07. The fourth-order valence-corrected chi connectivity index (χ4v) is 1.54. The van der Waals surface area contributed by atoms with Crippen LogP contribution in [0.3, 0.4) is 0 Å². The number of anilines is 1. The summed E-state index contributed by atoms with van der Waals surface area (Å²) in [4.78, 5) is 11.9. The maximum absolute atomic E-state index is 13.5. The van der Waals surface area contributed by atoms with Crippen molar-refractivity contribution >= 4 is 11.5 Å². The highest BCUT2D eigenvalue weighted by atomic mass is 19.2. The molecule has 2 aromatic carbocycles. The van der Waals surface area contributed by atoms with Crippen LogP contribution in [0, 0.1) is 17.5 Å². The van der Waals surface area contributed by atoms with Crippen LogP contribution in [0.25, 0.3) is 0 Å². The number of nitrogen functional groups attached to an aromatic ring is 1. The average Bonchev–Trinajstić information content (AvgIpc) is 2.35. The molecule has 0 atom stereocenters. The van der Waals surface area contributed by atoms with Gasteiger partial charge in [0, 0.05) is 11.3 Å². The summed E-state index contributed by atoms with van der Waals surface area (Å²) in [6.07, 6.45) is 0. The van der Waals surface area contributed by atoms with E-state index in [9.17, 15) is 18.0 Å². The largest absolute Gasteiger partial charge is 0.398 e. The van der Waals surface area contributed by atoms with Gasteiger partial charge in [0.15, 0.2) is 17.4 Å². The molecule has 0 aliphatic heterocycles. The molecule has 0 unspecified atom stereocenters. The summed E-state index contributed by atoms with van der Waals surface area (Å²) in [5.41, 5.74) is 4.79. The highest BCUT2D eigenvalue weighted by Gasteiger charge is 2.20. The van der Waals surface area contributed by atoms with Crippen LogP contribution < -0.4 is 5.73 Å². The minimum Gasteiger partial charge on any atom is -0.398 e. The fraction of sp³-hybridized carbons (Fsp3) is 0. The Morgan fingerprint density at radius 1 is 0.944 bits per heavy atom. The molecular formula is C13H8F3NO. The standard InChI is InChI=1S/C13H8F3NO/c14-8-3-1-7(2-4-8)13(18)11-10(17)6-5-9(15)12(11)16/h1-6H,17H2. The van der Waals surface area contributed by atoms with E-state index in [1.165, 1.54) is 12.1 Å². The summed E-state index contributed by atoms with van der Waals surface area (Å²) in [6, 6.07) is 6.42. The Morgan fingerprint density at radius 2 is 1.56 bits per heavy atom. The van der Waals surface area contributed by atoms with Crippen LogP contribution in [-0.2, 0) is 0 Å². The summed E-state index contributed by atoms with van der Waals surface area (Å²) in [6.45, 7) is 0. The molecule has 92 valence electrons. The molecule has 5 heteroatoms. The summed E-state index contributed by atoms with van der Waals surface area (Å²) >= 11 is 0. The number of ketones is 1. The number of carbonyl (C=O) groups is 1. The lowest BCUT2D eigenvalue weighted by molar-refractivity contribution is 0.103. The zero-order chi connectivity index (χ0) is 13.3. The van der Waals surface area contributed by atoms with Crippen molar-refractivity contribution in [3.63, 3.8) is 0 Å². The second kappa shape index (κ2) is 4.52. The van der Waals surface area contributed by atoms with Crippen LogP contribution in [0.4, 0.5) is 18.9 Å². The van der Waals surface area contributed by atoms with E-state index >= 15 is 0 Å². The van der Waals surface area contributed by atoms with Gasteiger partial charge in [0.05, 0.1) is 5.56 Å². The highest BCUT2D eigenvalue weighted by molar-refractivity contribution is 6.12. The Balaban J connectivity index is 2.52. The second-order valence-electron chi connectivity index (χ2n) is 3.66. The molecule has 18 heavy (non-hydrogen) atoms. The molecule has 0 spiro atoms. The summed E-state index contributed by atoms with van der Waals surface area (Å²) in [5.74, 6) is -3.78. The molecule has 0 aliphatic carbocycles. The number of nitrogens with two attached hydrogens (primary N) is 1. The molecule has 0 bridgehead atoms. The fourth-order valence-electron chi connectivity index (χ4n) is 1.54. The third-order valence-corrected chi connectivity index (χ3v) is 2.46. The van der Waals surface area contributed by atoms with Gasteiger partial charge in [0.25, 0.3) is 0 Å². The van der Waals surface area contributed by atoms with Crippen molar-refractivity contribution in [2.45, 2.75) is 0 Å². The van der Waals surface area contributed by atoms with E-state index in [4.69, 9.17) is 5.73 Å². The van der Waals surface area contributed by atoms with E-state index in [0.717, 1.165) is 24.3 Å². The van der Waals surface area contributed by atoms with E-state index in [0.29, 0.717) is 0 Å². The van der Waals surface area contributed by atoms with Gasteiger partial charge in [-0.3, -0.25) is 4.79 Å². The van der Waals surface area contributed by atoms with E-state index in [-0.39, 0.29) is 11.3 Å². The monoisotopic (exact) mass is 251 g/mol. The molecule has 0 amide bonds. The molecule has 0 saturated heterocycles.